The lowest BCUT2D eigenvalue weighted by atomic mass is 9.93. The van der Waals surface area contributed by atoms with Gasteiger partial charge in [-0.05, 0) is 35.6 Å². The number of benzene rings is 4. The first-order valence-electron chi connectivity index (χ1n) is 12.3. The molecule has 0 amide bonds. The quantitative estimate of drug-likeness (QED) is 0.188. The summed E-state index contributed by atoms with van der Waals surface area (Å²) in [6, 6.07) is 29.3. The van der Waals surface area contributed by atoms with E-state index in [4.69, 9.17) is 11.0 Å². The number of hydrogen-bond acceptors (Lipinski definition) is 1. The number of fused-ring (bicyclic) bond motifs is 4. The van der Waals surface area contributed by atoms with Crippen molar-refractivity contribution in [1.82, 2.24) is 0 Å². The second-order valence-corrected chi connectivity index (χ2v) is 9.77. The van der Waals surface area contributed by atoms with Crippen molar-refractivity contribution in [1.29, 1.82) is 0 Å². The molecule has 0 saturated heterocycles. The Morgan fingerprint density at radius 3 is 2.17 bits per heavy atom. The third kappa shape index (κ3) is 3.22. The molecule has 0 aliphatic heterocycles. The summed E-state index contributed by atoms with van der Waals surface area (Å²) < 4.78 is 9.03. The number of aromatic nitrogens is 1. The topological polar surface area (TPSA) is 21.4 Å². The highest BCUT2D eigenvalue weighted by atomic mass is 16.3. The van der Waals surface area contributed by atoms with Crippen LogP contribution in [0.2, 0.25) is 0 Å². The number of nitrogens with zero attached hydrogens (tertiary/aromatic N) is 2. The molecule has 0 aliphatic carbocycles. The molecule has 0 bridgehead atoms. The van der Waals surface area contributed by atoms with Crippen LogP contribution in [0.25, 0.3) is 60.1 Å². The van der Waals surface area contributed by atoms with Crippen molar-refractivity contribution in [3.8, 4) is 22.4 Å². The molecule has 0 saturated carbocycles. The average molecular weight is 468 g/mol. The average Bonchev–Trinajstić information content (AvgIpc) is 3.27. The molecule has 3 heteroatoms. The Morgan fingerprint density at radius 1 is 0.778 bits per heavy atom. The summed E-state index contributed by atoms with van der Waals surface area (Å²) in [5, 5.41) is 3.38. The minimum Gasteiger partial charge on any atom is -0.456 e. The minimum absolute atomic E-state index is 0.385. The van der Waals surface area contributed by atoms with Crippen molar-refractivity contribution in [2.75, 3.05) is 0 Å². The molecule has 4 aromatic carbocycles. The Bertz CT molecular complexity index is 1840. The van der Waals surface area contributed by atoms with E-state index in [0.29, 0.717) is 11.6 Å². The zero-order chi connectivity index (χ0) is 25.0. The first-order valence-corrected chi connectivity index (χ1v) is 12.3. The van der Waals surface area contributed by atoms with Crippen LogP contribution in [0.4, 0.5) is 5.69 Å². The molecule has 0 unspecified atom stereocenters. The van der Waals surface area contributed by atoms with Gasteiger partial charge in [0.05, 0.1) is 12.1 Å². The van der Waals surface area contributed by atoms with Gasteiger partial charge in [-0.15, -0.1) is 0 Å². The molecule has 2 heterocycles. The van der Waals surface area contributed by atoms with E-state index in [1.165, 1.54) is 16.5 Å². The summed E-state index contributed by atoms with van der Waals surface area (Å²) in [4.78, 5) is 3.83. The van der Waals surface area contributed by atoms with Gasteiger partial charge < -0.3 is 4.42 Å². The maximum Gasteiger partial charge on any atom is 0.217 e. The van der Waals surface area contributed by atoms with E-state index in [0.717, 1.165) is 49.9 Å². The molecule has 0 N–H and O–H groups in total. The van der Waals surface area contributed by atoms with Crippen LogP contribution in [0.15, 0.2) is 89.3 Å². The van der Waals surface area contributed by atoms with Crippen molar-refractivity contribution >= 4 is 38.5 Å². The lowest BCUT2D eigenvalue weighted by Gasteiger charge is -2.13. The monoisotopic (exact) mass is 467 g/mol. The standard InChI is InChI=1S/C33H27N2O/c1-20(2)26-19-29(35(5)28-14-10-9-13-23(26)28)30-21(3)15-16-24-25-17-18-27(34-4)31(33(25)36-32(24)30)22-11-7-6-8-12-22/h6-20H,1-3,5H3/q+1. The molecule has 174 valence electrons. The minimum atomic E-state index is 0.385. The van der Waals surface area contributed by atoms with Gasteiger partial charge in [-0.1, -0.05) is 80.6 Å². The fourth-order valence-electron chi connectivity index (χ4n) is 5.47. The third-order valence-electron chi connectivity index (χ3n) is 7.29. The van der Waals surface area contributed by atoms with Crippen LogP contribution in [-0.4, -0.2) is 0 Å². The number of furan rings is 1. The highest BCUT2D eigenvalue weighted by Crippen LogP contribution is 2.44. The van der Waals surface area contributed by atoms with Crippen molar-refractivity contribution in [3.63, 3.8) is 0 Å². The highest BCUT2D eigenvalue weighted by Gasteiger charge is 2.26. The number of aryl methyl sites for hydroxylation is 2. The van der Waals surface area contributed by atoms with Gasteiger partial charge in [0.25, 0.3) is 0 Å². The van der Waals surface area contributed by atoms with Crippen molar-refractivity contribution in [3.05, 3.63) is 107 Å². The van der Waals surface area contributed by atoms with E-state index in [1.54, 1.807) is 0 Å². The van der Waals surface area contributed by atoms with Crippen LogP contribution in [0.3, 0.4) is 0 Å². The van der Waals surface area contributed by atoms with E-state index in [2.05, 4.69) is 79.7 Å². The largest absolute Gasteiger partial charge is 0.456 e. The molecule has 0 atom stereocenters. The summed E-state index contributed by atoms with van der Waals surface area (Å²) >= 11 is 0. The fraction of sp³-hybridized carbons (Fsp3) is 0.152. The summed E-state index contributed by atoms with van der Waals surface area (Å²) in [7, 11) is 2.13. The molecular weight excluding hydrogens is 440 g/mol. The van der Waals surface area contributed by atoms with Gasteiger partial charge in [-0.25, -0.2) is 4.85 Å². The van der Waals surface area contributed by atoms with Crippen molar-refractivity contribution < 1.29 is 8.98 Å². The number of rotatable bonds is 3. The summed E-state index contributed by atoms with van der Waals surface area (Å²) in [6.45, 7) is 14.4. The van der Waals surface area contributed by atoms with Crippen LogP contribution in [0.5, 0.6) is 0 Å². The van der Waals surface area contributed by atoms with Gasteiger partial charge in [0.2, 0.25) is 11.2 Å². The summed E-state index contributed by atoms with van der Waals surface area (Å²) in [5.74, 6) is 0.385. The molecule has 6 rings (SSSR count). The second-order valence-electron chi connectivity index (χ2n) is 9.77. The van der Waals surface area contributed by atoms with Crippen LogP contribution >= 0.6 is 0 Å². The van der Waals surface area contributed by atoms with Gasteiger partial charge in [0, 0.05) is 33.9 Å². The number of para-hydroxylation sites is 1. The highest BCUT2D eigenvalue weighted by molar-refractivity contribution is 6.15. The van der Waals surface area contributed by atoms with E-state index < -0.39 is 0 Å². The molecule has 0 radical (unpaired) electrons. The predicted molar refractivity (Wildman–Crippen MR) is 148 cm³/mol. The molecule has 2 aromatic heterocycles. The van der Waals surface area contributed by atoms with Crippen LogP contribution in [0, 0.1) is 13.5 Å². The predicted octanol–water partition coefficient (Wildman–Crippen LogP) is 8.88. The molecule has 3 nitrogen and oxygen atoms in total. The lowest BCUT2D eigenvalue weighted by molar-refractivity contribution is -0.633. The number of hydrogen-bond donors (Lipinski definition) is 0. The normalized spacial score (nSPS) is 11.6. The first-order chi connectivity index (χ1) is 17.5. The van der Waals surface area contributed by atoms with E-state index in [1.807, 2.05) is 42.5 Å². The summed E-state index contributed by atoms with van der Waals surface area (Å²) in [6.07, 6.45) is 0. The van der Waals surface area contributed by atoms with E-state index in [9.17, 15) is 0 Å². The maximum absolute atomic E-state index is 7.80. The fourth-order valence-corrected chi connectivity index (χ4v) is 5.47. The van der Waals surface area contributed by atoms with Gasteiger partial charge in [0.15, 0.2) is 5.69 Å². The van der Waals surface area contributed by atoms with Gasteiger partial charge in [0.1, 0.15) is 18.2 Å². The van der Waals surface area contributed by atoms with Gasteiger partial charge in [-0.2, -0.15) is 4.57 Å². The van der Waals surface area contributed by atoms with Crippen molar-refractivity contribution in [2.24, 2.45) is 7.05 Å². The molecule has 36 heavy (non-hydrogen) atoms. The maximum atomic E-state index is 7.80. The summed E-state index contributed by atoms with van der Waals surface area (Å²) in [5.41, 5.74) is 10.00. The van der Waals surface area contributed by atoms with Crippen LogP contribution in [-0.2, 0) is 7.05 Å². The smallest absolute Gasteiger partial charge is 0.217 e. The van der Waals surface area contributed by atoms with Crippen molar-refractivity contribution in [2.45, 2.75) is 26.7 Å². The number of pyridine rings is 1. The Hall–Kier alpha value is -4.42. The van der Waals surface area contributed by atoms with Crippen LogP contribution < -0.4 is 4.57 Å². The van der Waals surface area contributed by atoms with E-state index in [-0.39, 0.29) is 0 Å². The second kappa shape index (κ2) is 8.36. The SMILES string of the molecule is [C-]#[N+]c1ccc2c(oc3c(-c4cc(C(C)C)c5ccccc5[n+]4C)c(C)ccc32)c1-c1ccccc1. The lowest BCUT2D eigenvalue weighted by Crippen LogP contribution is -2.33. The molecule has 0 spiro atoms. The van der Waals surface area contributed by atoms with Gasteiger partial charge in [-0.3, -0.25) is 0 Å². The first kappa shape index (κ1) is 22.1. The Balaban J connectivity index is 1.75. The van der Waals surface area contributed by atoms with Crippen LogP contribution in [0.1, 0.15) is 30.9 Å². The van der Waals surface area contributed by atoms with E-state index >= 15 is 0 Å². The van der Waals surface area contributed by atoms with Gasteiger partial charge >= 0.3 is 0 Å². The molecule has 6 aromatic rings. The Labute approximate surface area is 211 Å². The molecule has 0 fully saturated rings. The third-order valence-corrected chi connectivity index (χ3v) is 7.29. The Morgan fingerprint density at radius 2 is 1.44 bits per heavy atom. The Kier molecular flexibility index (Phi) is 5.12. The zero-order valence-corrected chi connectivity index (χ0v) is 21.0. The molecule has 0 aliphatic rings. The zero-order valence-electron chi connectivity index (χ0n) is 21.0. The molecular formula is C33H27N2O+.